The first-order valence-electron chi connectivity index (χ1n) is 11.3. The molecule has 33 heavy (non-hydrogen) atoms. The van der Waals surface area contributed by atoms with Crippen molar-refractivity contribution in [2.45, 2.75) is 24.3 Å². The van der Waals surface area contributed by atoms with Gasteiger partial charge in [0.2, 0.25) is 5.91 Å². The van der Waals surface area contributed by atoms with E-state index in [1.54, 1.807) is 7.11 Å². The first-order chi connectivity index (χ1) is 16.1. The molecular weight excluding hydrogens is 410 g/mol. The van der Waals surface area contributed by atoms with Crippen LogP contribution in [0, 0.1) is 11.8 Å². The molecule has 0 aromatic heterocycles. The van der Waals surface area contributed by atoms with Crippen LogP contribution in [0.5, 0.6) is 5.75 Å². The highest BCUT2D eigenvalue weighted by atomic mass is 16.5. The molecule has 5 rings (SSSR count). The zero-order chi connectivity index (χ0) is 23.0. The number of amides is 1. The van der Waals surface area contributed by atoms with Gasteiger partial charge in [-0.05, 0) is 47.2 Å². The summed E-state index contributed by atoms with van der Waals surface area (Å²) >= 11 is 0. The van der Waals surface area contributed by atoms with Crippen molar-refractivity contribution in [3.8, 4) is 5.75 Å². The van der Waals surface area contributed by atoms with E-state index in [0.29, 0.717) is 18.7 Å². The van der Waals surface area contributed by atoms with Crippen LogP contribution in [-0.4, -0.2) is 19.3 Å². The van der Waals surface area contributed by atoms with E-state index in [9.17, 15) is 9.59 Å². The van der Waals surface area contributed by atoms with Crippen LogP contribution < -0.4 is 9.64 Å². The lowest BCUT2D eigenvalue weighted by atomic mass is 9.68. The largest absolute Gasteiger partial charge is 0.497 e. The van der Waals surface area contributed by atoms with Crippen molar-refractivity contribution in [1.82, 2.24) is 0 Å². The zero-order valence-electron chi connectivity index (χ0n) is 18.7. The topological polar surface area (TPSA) is 46.6 Å². The Hall–Kier alpha value is -3.66. The highest BCUT2D eigenvalue weighted by Gasteiger charge is 2.63. The molecule has 3 aromatic carbocycles. The lowest BCUT2D eigenvalue weighted by Crippen LogP contribution is -2.43. The Morgan fingerprint density at radius 2 is 1.82 bits per heavy atom. The lowest BCUT2D eigenvalue weighted by molar-refractivity contribution is -0.124. The molecule has 1 fully saturated rings. The number of anilines is 1. The number of benzene rings is 3. The maximum Gasteiger partial charge on any atom is 0.238 e. The maximum atomic E-state index is 14.4. The summed E-state index contributed by atoms with van der Waals surface area (Å²) < 4.78 is 5.48. The van der Waals surface area contributed by atoms with Crippen LogP contribution in [0.25, 0.3) is 0 Å². The number of ether oxygens (including phenoxy) is 1. The molecule has 1 heterocycles. The van der Waals surface area contributed by atoms with Crippen LogP contribution >= 0.6 is 0 Å². The molecule has 166 valence electrons. The van der Waals surface area contributed by atoms with Crippen LogP contribution in [0.15, 0.2) is 91.5 Å². The number of methoxy groups -OCH3 is 1. The average Bonchev–Trinajstić information content (AvgIpc) is 3.33. The normalized spacial score (nSPS) is 25.8. The molecule has 0 bridgehead atoms. The SMILES string of the molecule is C=C[C@H]1C[C@@]2(C(=O)N(Cc3ccccc3)c3ccccc32)[C@H](c2cccc(OC)c2)[C@H]1C=O. The second-order valence-corrected chi connectivity index (χ2v) is 8.94. The van der Waals surface area contributed by atoms with Gasteiger partial charge in [0, 0.05) is 17.5 Å². The molecule has 4 atom stereocenters. The lowest BCUT2D eigenvalue weighted by Gasteiger charge is -2.33. The summed E-state index contributed by atoms with van der Waals surface area (Å²) in [4.78, 5) is 28.7. The van der Waals surface area contributed by atoms with E-state index in [0.717, 1.165) is 28.7 Å². The van der Waals surface area contributed by atoms with E-state index >= 15 is 0 Å². The minimum absolute atomic E-state index is 0.0524. The molecule has 0 N–H and O–H groups in total. The number of para-hydroxylation sites is 1. The summed E-state index contributed by atoms with van der Waals surface area (Å²) in [5.41, 5.74) is 3.10. The Labute approximate surface area is 194 Å². The molecule has 0 saturated heterocycles. The van der Waals surface area contributed by atoms with Gasteiger partial charge in [0.1, 0.15) is 12.0 Å². The zero-order valence-corrected chi connectivity index (χ0v) is 18.7. The van der Waals surface area contributed by atoms with Crippen LogP contribution in [0.4, 0.5) is 5.69 Å². The smallest absolute Gasteiger partial charge is 0.238 e. The van der Waals surface area contributed by atoms with Crippen molar-refractivity contribution < 1.29 is 14.3 Å². The van der Waals surface area contributed by atoms with Gasteiger partial charge in [0.15, 0.2) is 0 Å². The number of rotatable bonds is 6. The first kappa shape index (κ1) is 21.2. The number of nitrogens with zero attached hydrogens (tertiary/aromatic N) is 1. The molecule has 1 aliphatic carbocycles. The summed E-state index contributed by atoms with van der Waals surface area (Å²) in [7, 11) is 1.63. The second-order valence-electron chi connectivity index (χ2n) is 8.94. The van der Waals surface area contributed by atoms with Crippen molar-refractivity contribution >= 4 is 17.9 Å². The Balaban J connectivity index is 1.70. The summed E-state index contributed by atoms with van der Waals surface area (Å²) in [6, 6.07) is 25.8. The van der Waals surface area contributed by atoms with E-state index in [-0.39, 0.29) is 23.7 Å². The van der Waals surface area contributed by atoms with Gasteiger partial charge in [0.05, 0.1) is 19.1 Å². The van der Waals surface area contributed by atoms with Gasteiger partial charge < -0.3 is 14.4 Å². The van der Waals surface area contributed by atoms with E-state index in [2.05, 4.69) is 12.6 Å². The standard InChI is InChI=1S/C29H27NO3/c1-3-21-17-29(27(24(21)19-31)22-12-9-13-23(16-22)33-2)25-14-7-8-15-26(25)30(28(29)32)18-20-10-5-4-6-11-20/h3-16,19,21,24,27H,1,17-18H2,2H3/t21-,24-,27+,29-/m0/s1. The monoisotopic (exact) mass is 437 g/mol. The third-order valence-corrected chi connectivity index (χ3v) is 7.37. The fraction of sp³-hybridized carbons (Fsp3) is 0.241. The van der Waals surface area contributed by atoms with Crippen molar-refractivity contribution in [3.05, 3.63) is 108 Å². The molecule has 4 heteroatoms. The van der Waals surface area contributed by atoms with Crippen LogP contribution in [0.1, 0.15) is 29.0 Å². The minimum atomic E-state index is -0.831. The van der Waals surface area contributed by atoms with Crippen LogP contribution in [0.2, 0.25) is 0 Å². The quantitative estimate of drug-likeness (QED) is 0.389. The predicted octanol–water partition coefficient (Wildman–Crippen LogP) is 5.28. The van der Waals surface area contributed by atoms with Gasteiger partial charge >= 0.3 is 0 Å². The van der Waals surface area contributed by atoms with Crippen molar-refractivity contribution in [1.29, 1.82) is 0 Å². The number of allylic oxidation sites excluding steroid dienone is 1. The molecule has 0 radical (unpaired) electrons. The Bertz CT molecular complexity index is 1200. The highest BCUT2D eigenvalue weighted by Crippen LogP contribution is 2.62. The molecule has 4 nitrogen and oxygen atoms in total. The van der Waals surface area contributed by atoms with Crippen molar-refractivity contribution in [2.24, 2.45) is 11.8 Å². The third-order valence-electron chi connectivity index (χ3n) is 7.37. The van der Waals surface area contributed by atoms with E-state index in [1.807, 2.05) is 83.8 Å². The van der Waals surface area contributed by atoms with Crippen LogP contribution in [0.3, 0.4) is 0 Å². The number of hydrogen-bond acceptors (Lipinski definition) is 3. The molecule has 3 aromatic rings. The molecular formula is C29H27NO3. The summed E-state index contributed by atoms with van der Waals surface area (Å²) in [6.45, 7) is 4.51. The fourth-order valence-corrected chi connectivity index (χ4v) is 5.94. The fourth-order valence-electron chi connectivity index (χ4n) is 5.94. The van der Waals surface area contributed by atoms with Gasteiger partial charge in [0.25, 0.3) is 0 Å². The van der Waals surface area contributed by atoms with E-state index in [1.165, 1.54) is 0 Å². The summed E-state index contributed by atoms with van der Waals surface area (Å²) in [6.07, 6.45) is 3.42. The minimum Gasteiger partial charge on any atom is -0.497 e. The molecule has 1 spiro atoms. The van der Waals surface area contributed by atoms with E-state index in [4.69, 9.17) is 4.74 Å². The number of carbonyl (C=O) groups is 2. The van der Waals surface area contributed by atoms with Gasteiger partial charge in [-0.15, -0.1) is 6.58 Å². The summed E-state index contributed by atoms with van der Waals surface area (Å²) in [5.74, 6) is 0.0315. The average molecular weight is 438 g/mol. The van der Waals surface area contributed by atoms with Crippen molar-refractivity contribution in [2.75, 3.05) is 12.0 Å². The van der Waals surface area contributed by atoms with Crippen molar-refractivity contribution in [3.63, 3.8) is 0 Å². The molecule has 2 aliphatic rings. The number of fused-ring (bicyclic) bond motifs is 2. The highest BCUT2D eigenvalue weighted by molar-refractivity contribution is 6.09. The van der Waals surface area contributed by atoms with Gasteiger partial charge in [-0.2, -0.15) is 0 Å². The molecule has 1 aliphatic heterocycles. The first-order valence-corrected chi connectivity index (χ1v) is 11.3. The number of carbonyl (C=O) groups excluding carboxylic acids is 2. The number of aldehydes is 1. The Morgan fingerprint density at radius 1 is 1.06 bits per heavy atom. The Kier molecular flexibility index (Phi) is 5.37. The third kappa shape index (κ3) is 3.20. The molecule has 0 unspecified atom stereocenters. The Morgan fingerprint density at radius 3 is 2.55 bits per heavy atom. The number of hydrogen-bond donors (Lipinski definition) is 0. The van der Waals surface area contributed by atoms with Gasteiger partial charge in [-0.25, -0.2) is 0 Å². The van der Waals surface area contributed by atoms with E-state index < -0.39 is 5.41 Å². The maximum absolute atomic E-state index is 14.4. The predicted molar refractivity (Wildman–Crippen MR) is 129 cm³/mol. The molecule has 1 amide bonds. The van der Waals surface area contributed by atoms with Gasteiger partial charge in [-0.1, -0.05) is 66.7 Å². The van der Waals surface area contributed by atoms with Crippen LogP contribution in [-0.2, 0) is 21.5 Å². The second kappa shape index (κ2) is 8.36. The summed E-state index contributed by atoms with van der Waals surface area (Å²) in [5, 5.41) is 0. The van der Waals surface area contributed by atoms with Gasteiger partial charge in [-0.3, -0.25) is 4.79 Å². The molecule has 1 saturated carbocycles.